The van der Waals surface area contributed by atoms with Crippen LogP contribution in [0.15, 0.2) is 48.4 Å². The lowest BCUT2D eigenvalue weighted by molar-refractivity contribution is 1.08. The molecule has 1 rings (SSSR count). The zero-order chi connectivity index (χ0) is 8.27. The second-order valence-electron chi connectivity index (χ2n) is 2.22. The maximum Gasteiger partial charge on any atom is 0.0313 e. The third-order valence-corrected chi connectivity index (χ3v) is 1.45. The van der Waals surface area contributed by atoms with Crippen LogP contribution >= 0.6 is 0 Å². The number of allylic oxidation sites excluding steroid dienone is 4. The molecule has 1 aliphatic rings. The van der Waals surface area contributed by atoms with E-state index in [2.05, 4.69) is 18.5 Å². The minimum Gasteiger partial charge on any atom is -0.361 e. The Morgan fingerprint density at radius 2 is 2.18 bits per heavy atom. The van der Waals surface area contributed by atoms with Crippen molar-refractivity contribution in [1.82, 2.24) is 5.32 Å². The molecule has 11 heavy (non-hydrogen) atoms. The fourth-order valence-corrected chi connectivity index (χ4v) is 0.868. The normalized spacial score (nSPS) is 16.2. The molecule has 0 atom stereocenters. The Labute approximate surface area is 66.1 Å². The topological polar surface area (TPSA) is 35.9 Å². The van der Waals surface area contributed by atoms with Crippen molar-refractivity contribution in [3.8, 4) is 0 Å². The molecule has 0 unspecified atom stereocenters. The average Bonchev–Trinajstić information content (AvgIpc) is 2.04. The molecule has 56 valence electrons. The van der Waals surface area contributed by atoms with E-state index in [1.54, 1.807) is 12.3 Å². The Morgan fingerprint density at radius 1 is 1.45 bits per heavy atom. The van der Waals surface area contributed by atoms with E-state index in [4.69, 9.17) is 5.41 Å². The van der Waals surface area contributed by atoms with Gasteiger partial charge in [-0.1, -0.05) is 19.2 Å². The van der Waals surface area contributed by atoms with Gasteiger partial charge in [-0.2, -0.15) is 0 Å². The maximum absolute atomic E-state index is 7.05. The number of rotatable bonds is 2. The fraction of sp³-hybridized carbons (Fsp3) is 0. The van der Waals surface area contributed by atoms with Crippen molar-refractivity contribution in [3.05, 3.63) is 48.4 Å². The lowest BCUT2D eigenvalue weighted by Crippen LogP contribution is -2.09. The predicted molar refractivity (Wildman–Crippen MR) is 47.4 cm³/mol. The van der Waals surface area contributed by atoms with Crippen LogP contribution in [-0.4, -0.2) is 6.21 Å². The fourth-order valence-electron chi connectivity index (χ4n) is 0.868. The third kappa shape index (κ3) is 1.46. The van der Waals surface area contributed by atoms with E-state index in [0.717, 1.165) is 16.8 Å². The summed E-state index contributed by atoms with van der Waals surface area (Å²) >= 11 is 0. The molecule has 1 heterocycles. The van der Waals surface area contributed by atoms with Crippen molar-refractivity contribution < 1.29 is 0 Å². The van der Waals surface area contributed by atoms with Gasteiger partial charge in [0, 0.05) is 23.7 Å². The minimum atomic E-state index is 0.825. The minimum absolute atomic E-state index is 0.825. The highest BCUT2D eigenvalue weighted by Crippen LogP contribution is 2.13. The number of dihydropyridines is 1. The van der Waals surface area contributed by atoms with Crippen molar-refractivity contribution in [2.75, 3.05) is 0 Å². The van der Waals surface area contributed by atoms with E-state index in [1.165, 1.54) is 6.21 Å². The molecule has 0 amide bonds. The predicted octanol–water partition coefficient (Wildman–Crippen LogP) is 1.75. The monoisotopic (exact) mass is 146 g/mol. The largest absolute Gasteiger partial charge is 0.361 e. The zero-order valence-electron chi connectivity index (χ0n) is 6.22. The van der Waals surface area contributed by atoms with E-state index in [0.29, 0.717) is 0 Å². The van der Waals surface area contributed by atoms with E-state index < -0.39 is 0 Å². The summed E-state index contributed by atoms with van der Waals surface area (Å²) in [6.07, 6.45) is 6.59. The van der Waals surface area contributed by atoms with Crippen molar-refractivity contribution in [2.24, 2.45) is 0 Å². The van der Waals surface area contributed by atoms with Crippen molar-refractivity contribution in [1.29, 1.82) is 5.41 Å². The summed E-state index contributed by atoms with van der Waals surface area (Å²) < 4.78 is 0. The number of nitrogens with one attached hydrogen (secondary N) is 2. The highest BCUT2D eigenvalue weighted by atomic mass is 14.9. The highest BCUT2D eigenvalue weighted by molar-refractivity contribution is 5.84. The SMILES string of the molecule is C=CC1=CC(=C)NC=C1C=N. The summed E-state index contributed by atoms with van der Waals surface area (Å²) in [6, 6.07) is 0. The first-order chi connectivity index (χ1) is 5.27. The van der Waals surface area contributed by atoms with Crippen molar-refractivity contribution in [2.45, 2.75) is 0 Å². The van der Waals surface area contributed by atoms with Crippen molar-refractivity contribution in [3.63, 3.8) is 0 Å². The Bertz CT molecular complexity index is 269. The Kier molecular flexibility index (Phi) is 2.06. The van der Waals surface area contributed by atoms with Gasteiger partial charge in [0.2, 0.25) is 0 Å². The van der Waals surface area contributed by atoms with Crippen molar-refractivity contribution >= 4 is 6.21 Å². The van der Waals surface area contributed by atoms with Crippen LogP contribution in [0.1, 0.15) is 0 Å². The van der Waals surface area contributed by atoms with Crippen LogP contribution in [-0.2, 0) is 0 Å². The molecule has 0 aromatic rings. The van der Waals surface area contributed by atoms with Crippen LogP contribution in [0.3, 0.4) is 0 Å². The average molecular weight is 146 g/mol. The van der Waals surface area contributed by atoms with Crippen LogP contribution in [0.2, 0.25) is 0 Å². The summed E-state index contributed by atoms with van der Waals surface area (Å²) in [5.41, 5.74) is 2.58. The van der Waals surface area contributed by atoms with E-state index >= 15 is 0 Å². The smallest absolute Gasteiger partial charge is 0.0313 e. The molecule has 0 saturated carbocycles. The third-order valence-electron chi connectivity index (χ3n) is 1.45. The van der Waals surface area contributed by atoms with E-state index in [9.17, 15) is 0 Å². The molecule has 2 heteroatoms. The van der Waals surface area contributed by atoms with E-state index in [1.807, 2.05) is 6.08 Å². The van der Waals surface area contributed by atoms with Gasteiger partial charge in [-0.25, -0.2) is 0 Å². The van der Waals surface area contributed by atoms with Gasteiger partial charge in [0.25, 0.3) is 0 Å². The lowest BCUT2D eigenvalue weighted by Gasteiger charge is -2.11. The molecule has 0 bridgehead atoms. The maximum atomic E-state index is 7.05. The molecule has 0 saturated heterocycles. The zero-order valence-corrected chi connectivity index (χ0v) is 6.22. The van der Waals surface area contributed by atoms with Crippen LogP contribution < -0.4 is 5.32 Å². The van der Waals surface area contributed by atoms with Gasteiger partial charge < -0.3 is 10.7 Å². The molecule has 0 radical (unpaired) electrons. The van der Waals surface area contributed by atoms with Gasteiger partial charge in [0.15, 0.2) is 0 Å². The molecule has 0 aliphatic carbocycles. The van der Waals surface area contributed by atoms with Gasteiger partial charge in [-0.3, -0.25) is 0 Å². The lowest BCUT2D eigenvalue weighted by atomic mass is 10.1. The molecule has 0 aromatic carbocycles. The molecule has 0 fully saturated rings. The van der Waals surface area contributed by atoms with E-state index in [-0.39, 0.29) is 0 Å². The van der Waals surface area contributed by atoms with Gasteiger partial charge in [-0.15, -0.1) is 0 Å². The first-order valence-electron chi connectivity index (χ1n) is 3.28. The second-order valence-corrected chi connectivity index (χ2v) is 2.22. The summed E-state index contributed by atoms with van der Waals surface area (Å²) in [5, 5.41) is 9.96. The molecule has 2 nitrogen and oxygen atoms in total. The molecular formula is C9H10N2. The summed E-state index contributed by atoms with van der Waals surface area (Å²) in [7, 11) is 0. The van der Waals surface area contributed by atoms with Crippen LogP contribution in [0, 0.1) is 5.41 Å². The molecule has 0 spiro atoms. The van der Waals surface area contributed by atoms with Crippen LogP contribution in [0.5, 0.6) is 0 Å². The Hall–Kier alpha value is -1.57. The quantitative estimate of drug-likeness (QED) is 0.572. The molecule has 2 N–H and O–H groups in total. The van der Waals surface area contributed by atoms with Gasteiger partial charge in [-0.05, 0) is 11.6 Å². The highest BCUT2D eigenvalue weighted by Gasteiger charge is 2.03. The standard InChI is InChI=1S/C9H10N2/c1-3-8-4-7(2)11-6-9(8)5-10/h3-6,10-11H,1-2H2. The first kappa shape index (κ1) is 7.54. The van der Waals surface area contributed by atoms with Crippen LogP contribution in [0.25, 0.3) is 0 Å². The van der Waals surface area contributed by atoms with Gasteiger partial charge >= 0.3 is 0 Å². The van der Waals surface area contributed by atoms with Gasteiger partial charge in [0.1, 0.15) is 0 Å². The Morgan fingerprint density at radius 3 is 2.73 bits per heavy atom. The molecule has 1 aliphatic heterocycles. The van der Waals surface area contributed by atoms with Crippen LogP contribution in [0.4, 0.5) is 0 Å². The summed E-state index contributed by atoms with van der Waals surface area (Å²) in [4.78, 5) is 0. The molecule has 0 aromatic heterocycles. The Balaban J connectivity index is 3.00. The summed E-state index contributed by atoms with van der Waals surface area (Å²) in [6.45, 7) is 7.36. The summed E-state index contributed by atoms with van der Waals surface area (Å²) in [5.74, 6) is 0. The number of hydrogen-bond acceptors (Lipinski definition) is 2. The molecular weight excluding hydrogens is 136 g/mol. The number of hydrogen-bond donors (Lipinski definition) is 2. The first-order valence-corrected chi connectivity index (χ1v) is 3.28. The second kappa shape index (κ2) is 3.01. The van der Waals surface area contributed by atoms with Gasteiger partial charge in [0.05, 0.1) is 0 Å².